The lowest BCUT2D eigenvalue weighted by molar-refractivity contribution is -0.116. The minimum absolute atomic E-state index is 0.117. The van der Waals surface area contributed by atoms with E-state index < -0.39 is 5.79 Å². The van der Waals surface area contributed by atoms with Crippen molar-refractivity contribution in [1.29, 1.82) is 0 Å². The third kappa shape index (κ3) is 3.40. The van der Waals surface area contributed by atoms with Gasteiger partial charge in [0, 0.05) is 24.6 Å². The Balaban J connectivity index is 1.31. The average Bonchev–Trinajstić information content (AvgIpc) is 3.07. The van der Waals surface area contributed by atoms with Gasteiger partial charge in [0.05, 0.1) is 17.2 Å². The average molecular weight is 405 g/mol. The van der Waals surface area contributed by atoms with E-state index in [2.05, 4.69) is 10.3 Å². The number of aromatic nitrogens is 2. The normalized spacial score (nSPS) is 16.7. The number of fused-ring (bicyclic) bond motifs is 2. The third-order valence-electron chi connectivity index (χ3n) is 5.73. The van der Waals surface area contributed by atoms with Crippen LogP contribution in [0, 0.1) is 6.92 Å². The predicted molar refractivity (Wildman–Crippen MR) is 113 cm³/mol. The number of hydrogen-bond acceptors (Lipinski definition) is 5. The molecular weight excluding hydrogens is 382 g/mol. The Morgan fingerprint density at radius 3 is 2.73 bits per heavy atom. The van der Waals surface area contributed by atoms with Crippen molar-refractivity contribution in [2.45, 2.75) is 51.4 Å². The first-order valence-electron chi connectivity index (χ1n) is 10.3. The minimum Gasteiger partial charge on any atom is -0.448 e. The molecule has 30 heavy (non-hydrogen) atoms. The maximum Gasteiger partial charge on any atom is 0.261 e. The van der Waals surface area contributed by atoms with Crippen molar-refractivity contribution in [2.75, 3.05) is 5.32 Å². The Morgan fingerprint density at radius 2 is 1.90 bits per heavy atom. The first-order chi connectivity index (χ1) is 14.5. The van der Waals surface area contributed by atoms with Gasteiger partial charge in [0.2, 0.25) is 5.91 Å². The molecule has 1 N–H and O–H groups in total. The van der Waals surface area contributed by atoms with Gasteiger partial charge in [0.15, 0.2) is 11.5 Å². The maximum atomic E-state index is 12.7. The van der Waals surface area contributed by atoms with Crippen molar-refractivity contribution in [1.82, 2.24) is 9.55 Å². The van der Waals surface area contributed by atoms with Crippen molar-refractivity contribution in [3.63, 3.8) is 0 Å². The molecule has 0 atom stereocenters. The number of amides is 1. The Bertz CT molecular complexity index is 1190. The Labute approximate surface area is 173 Å². The Hall–Kier alpha value is -3.35. The highest BCUT2D eigenvalue weighted by atomic mass is 16.7. The monoisotopic (exact) mass is 405 g/mol. The Morgan fingerprint density at radius 1 is 1.10 bits per heavy atom. The largest absolute Gasteiger partial charge is 0.448 e. The lowest BCUT2D eigenvalue weighted by Gasteiger charge is -2.31. The zero-order valence-corrected chi connectivity index (χ0v) is 16.8. The van der Waals surface area contributed by atoms with E-state index in [0.29, 0.717) is 28.1 Å². The number of nitrogens with zero attached hydrogens (tertiary/aromatic N) is 2. The quantitative estimate of drug-likeness (QED) is 0.717. The second-order valence-corrected chi connectivity index (χ2v) is 8.08. The summed E-state index contributed by atoms with van der Waals surface area (Å²) in [5.41, 5.74) is 1.96. The predicted octanol–water partition coefficient (Wildman–Crippen LogP) is 3.78. The van der Waals surface area contributed by atoms with Crippen LogP contribution < -0.4 is 20.3 Å². The van der Waals surface area contributed by atoms with Crippen LogP contribution in [0.25, 0.3) is 10.9 Å². The molecule has 1 spiro atoms. The summed E-state index contributed by atoms with van der Waals surface area (Å²) in [6, 6.07) is 10.9. The molecular formula is C23H23N3O4. The van der Waals surface area contributed by atoms with Gasteiger partial charge in [-0.15, -0.1) is 0 Å². The molecule has 2 heterocycles. The van der Waals surface area contributed by atoms with Crippen LogP contribution in [-0.4, -0.2) is 21.2 Å². The molecule has 1 aliphatic heterocycles. The van der Waals surface area contributed by atoms with Crippen LogP contribution in [-0.2, 0) is 11.3 Å². The molecule has 1 fully saturated rings. The number of nitrogens with one attached hydrogen (secondary N) is 1. The zero-order valence-electron chi connectivity index (χ0n) is 16.8. The second-order valence-electron chi connectivity index (χ2n) is 8.08. The summed E-state index contributed by atoms with van der Waals surface area (Å²) >= 11 is 0. The Kier molecular flexibility index (Phi) is 4.46. The van der Waals surface area contributed by atoms with Gasteiger partial charge in [-0.3, -0.25) is 14.2 Å². The summed E-state index contributed by atoms with van der Waals surface area (Å²) < 4.78 is 13.5. The van der Waals surface area contributed by atoms with E-state index in [9.17, 15) is 9.59 Å². The van der Waals surface area contributed by atoms with Crippen molar-refractivity contribution in [2.24, 2.45) is 0 Å². The van der Waals surface area contributed by atoms with Crippen LogP contribution in [0.3, 0.4) is 0 Å². The fraction of sp³-hybridized carbons (Fsp3) is 0.348. The standard InChI is InChI=1S/C23H23N3O4/c1-15-5-7-18-17(11-15)22(28)26(14-24-18)13-21(27)25-16-6-8-19-20(12-16)30-23(29-19)9-3-2-4-10-23/h5-8,11-12,14H,2-4,9-10,13H2,1H3,(H,25,27). The number of ether oxygens (including phenoxy) is 2. The number of rotatable bonds is 3. The summed E-state index contributed by atoms with van der Waals surface area (Å²) in [4.78, 5) is 29.5. The van der Waals surface area contributed by atoms with Crippen molar-refractivity contribution >= 4 is 22.5 Å². The van der Waals surface area contributed by atoms with Gasteiger partial charge in [-0.05, 0) is 44.0 Å². The molecule has 1 amide bonds. The maximum absolute atomic E-state index is 12.7. The molecule has 0 bridgehead atoms. The highest BCUT2D eigenvalue weighted by Gasteiger charge is 2.42. The van der Waals surface area contributed by atoms with E-state index in [0.717, 1.165) is 31.2 Å². The van der Waals surface area contributed by atoms with Gasteiger partial charge in [0.25, 0.3) is 11.3 Å². The topological polar surface area (TPSA) is 82.5 Å². The van der Waals surface area contributed by atoms with E-state index in [-0.39, 0.29) is 18.0 Å². The fourth-order valence-electron chi connectivity index (χ4n) is 4.21. The van der Waals surface area contributed by atoms with E-state index >= 15 is 0 Å². The van der Waals surface area contributed by atoms with Crippen LogP contribution in [0.5, 0.6) is 11.5 Å². The molecule has 3 aromatic rings. The van der Waals surface area contributed by atoms with Crippen LogP contribution >= 0.6 is 0 Å². The summed E-state index contributed by atoms with van der Waals surface area (Å²) in [6.07, 6.45) is 6.54. The van der Waals surface area contributed by atoms with Crippen molar-refractivity contribution in [3.8, 4) is 11.5 Å². The molecule has 7 nitrogen and oxygen atoms in total. The molecule has 2 aliphatic rings. The first-order valence-corrected chi connectivity index (χ1v) is 10.3. The second kappa shape index (κ2) is 7.16. The molecule has 2 aromatic carbocycles. The number of anilines is 1. The van der Waals surface area contributed by atoms with Gasteiger partial charge in [-0.25, -0.2) is 4.98 Å². The number of benzene rings is 2. The summed E-state index contributed by atoms with van der Waals surface area (Å²) in [5, 5.41) is 3.34. The van der Waals surface area contributed by atoms with Crippen molar-refractivity contribution < 1.29 is 14.3 Å². The van der Waals surface area contributed by atoms with Gasteiger partial charge in [-0.1, -0.05) is 18.1 Å². The molecule has 0 unspecified atom stereocenters. The molecule has 1 aromatic heterocycles. The molecule has 0 saturated heterocycles. The number of hydrogen-bond donors (Lipinski definition) is 1. The highest BCUT2D eigenvalue weighted by Crippen LogP contribution is 2.46. The van der Waals surface area contributed by atoms with Gasteiger partial charge >= 0.3 is 0 Å². The molecule has 1 saturated carbocycles. The van der Waals surface area contributed by atoms with E-state index in [1.165, 1.54) is 17.3 Å². The first kappa shape index (κ1) is 18.7. The highest BCUT2D eigenvalue weighted by molar-refractivity contribution is 5.91. The molecule has 5 rings (SSSR count). The summed E-state index contributed by atoms with van der Waals surface area (Å²) in [7, 11) is 0. The van der Waals surface area contributed by atoms with Gasteiger partial charge < -0.3 is 14.8 Å². The number of aryl methyl sites for hydroxylation is 1. The molecule has 154 valence electrons. The smallest absolute Gasteiger partial charge is 0.261 e. The summed E-state index contributed by atoms with van der Waals surface area (Å²) in [5.74, 6) is 0.498. The number of carbonyl (C=O) groups is 1. The molecule has 1 aliphatic carbocycles. The summed E-state index contributed by atoms with van der Waals surface area (Å²) in [6.45, 7) is 1.80. The van der Waals surface area contributed by atoms with Gasteiger partial charge in [0.1, 0.15) is 6.54 Å². The fourth-order valence-corrected chi connectivity index (χ4v) is 4.21. The van der Waals surface area contributed by atoms with E-state index in [1.807, 2.05) is 25.1 Å². The number of carbonyl (C=O) groups excluding carboxylic acids is 1. The lowest BCUT2D eigenvalue weighted by atomic mass is 9.94. The van der Waals surface area contributed by atoms with Crippen LogP contribution in [0.2, 0.25) is 0 Å². The molecule has 0 radical (unpaired) electrons. The van der Waals surface area contributed by atoms with Gasteiger partial charge in [-0.2, -0.15) is 0 Å². The SMILES string of the molecule is Cc1ccc2ncn(CC(=O)Nc3ccc4c(c3)OC3(CCCCC3)O4)c(=O)c2c1. The lowest BCUT2D eigenvalue weighted by Crippen LogP contribution is -2.40. The van der Waals surface area contributed by atoms with E-state index in [4.69, 9.17) is 9.47 Å². The van der Waals surface area contributed by atoms with Crippen LogP contribution in [0.15, 0.2) is 47.5 Å². The zero-order chi connectivity index (χ0) is 20.7. The van der Waals surface area contributed by atoms with Crippen LogP contribution in [0.1, 0.15) is 37.7 Å². The third-order valence-corrected chi connectivity index (χ3v) is 5.73. The van der Waals surface area contributed by atoms with Crippen LogP contribution in [0.4, 0.5) is 5.69 Å². The minimum atomic E-state index is -0.550. The van der Waals surface area contributed by atoms with Crippen molar-refractivity contribution in [3.05, 3.63) is 58.6 Å². The van der Waals surface area contributed by atoms with E-state index in [1.54, 1.807) is 18.2 Å². The molecule has 7 heteroatoms.